The van der Waals surface area contributed by atoms with Gasteiger partial charge in [-0.3, -0.25) is 0 Å². The fourth-order valence-electron chi connectivity index (χ4n) is 1.89. The van der Waals surface area contributed by atoms with Gasteiger partial charge >= 0.3 is 5.97 Å². The molecule has 0 spiro atoms. The second-order valence-corrected chi connectivity index (χ2v) is 4.46. The molecule has 0 fully saturated rings. The average Bonchev–Trinajstić information content (AvgIpc) is 2.25. The molecule has 0 aromatic carbocycles. The van der Waals surface area contributed by atoms with Gasteiger partial charge in [-0.1, -0.05) is 19.8 Å². The Morgan fingerprint density at radius 3 is 2.76 bits per heavy atom. The minimum absolute atomic E-state index is 0.0252. The molecule has 0 amide bonds. The van der Waals surface area contributed by atoms with Crippen LogP contribution >= 0.6 is 12.2 Å². The van der Waals surface area contributed by atoms with Gasteiger partial charge < -0.3 is 15.4 Å². The van der Waals surface area contributed by atoms with E-state index in [0.717, 1.165) is 25.0 Å². The number of carbonyl (C=O) groups excluding carboxylic acids is 1. The second-order valence-electron chi connectivity index (χ2n) is 4.05. The van der Waals surface area contributed by atoms with E-state index in [2.05, 4.69) is 17.6 Å². The minimum Gasteiger partial charge on any atom is -0.463 e. The third-order valence-corrected chi connectivity index (χ3v) is 2.92. The molecule has 0 bridgehead atoms. The quantitative estimate of drug-likeness (QED) is 0.581. The zero-order valence-electron chi connectivity index (χ0n) is 10.6. The Hall–Kier alpha value is -1.10. The number of allylic oxidation sites excluding steroid dienone is 1. The van der Waals surface area contributed by atoms with Gasteiger partial charge in [-0.2, -0.15) is 0 Å². The van der Waals surface area contributed by atoms with Crippen molar-refractivity contribution in [1.29, 1.82) is 0 Å². The van der Waals surface area contributed by atoms with Crippen molar-refractivity contribution in [2.45, 2.75) is 46.1 Å². The van der Waals surface area contributed by atoms with Crippen molar-refractivity contribution in [3.05, 3.63) is 11.3 Å². The summed E-state index contributed by atoms with van der Waals surface area (Å²) in [5.41, 5.74) is 1.47. The molecule has 17 heavy (non-hydrogen) atoms. The first kappa shape index (κ1) is 14.0. The van der Waals surface area contributed by atoms with E-state index in [9.17, 15) is 4.79 Å². The molecule has 1 heterocycles. The first-order valence-corrected chi connectivity index (χ1v) is 6.46. The summed E-state index contributed by atoms with van der Waals surface area (Å²) >= 11 is 5.11. The number of nitrogens with one attached hydrogen (secondary N) is 2. The van der Waals surface area contributed by atoms with Crippen LogP contribution in [0.2, 0.25) is 0 Å². The maximum Gasteiger partial charge on any atom is 0.337 e. The molecular weight excluding hydrogens is 236 g/mol. The van der Waals surface area contributed by atoms with Crippen molar-refractivity contribution in [2.24, 2.45) is 0 Å². The van der Waals surface area contributed by atoms with Gasteiger partial charge in [0, 0.05) is 5.70 Å². The molecule has 96 valence electrons. The maximum absolute atomic E-state index is 11.9. The summed E-state index contributed by atoms with van der Waals surface area (Å²) in [5, 5.41) is 6.69. The van der Waals surface area contributed by atoms with Crippen LogP contribution in [-0.2, 0) is 9.53 Å². The summed E-state index contributed by atoms with van der Waals surface area (Å²) in [7, 11) is 0. The monoisotopic (exact) mass is 256 g/mol. The van der Waals surface area contributed by atoms with E-state index in [0.29, 0.717) is 17.3 Å². The Labute approximate surface area is 108 Å². The molecule has 4 nitrogen and oxygen atoms in total. The van der Waals surface area contributed by atoms with Crippen molar-refractivity contribution >= 4 is 23.3 Å². The first-order chi connectivity index (χ1) is 8.10. The number of hydrogen-bond donors (Lipinski definition) is 2. The summed E-state index contributed by atoms with van der Waals surface area (Å²) in [6.45, 7) is 6.18. The third-order valence-electron chi connectivity index (χ3n) is 2.70. The van der Waals surface area contributed by atoms with E-state index in [1.54, 1.807) is 0 Å². The Kier molecular flexibility index (Phi) is 5.41. The van der Waals surface area contributed by atoms with Crippen molar-refractivity contribution in [3.8, 4) is 0 Å². The third kappa shape index (κ3) is 3.70. The van der Waals surface area contributed by atoms with Crippen LogP contribution < -0.4 is 10.6 Å². The van der Waals surface area contributed by atoms with Gasteiger partial charge in [-0.05, 0) is 32.5 Å². The van der Waals surface area contributed by atoms with E-state index < -0.39 is 0 Å². The molecule has 1 unspecified atom stereocenters. The lowest BCUT2D eigenvalue weighted by Crippen LogP contribution is -2.49. The number of rotatable bonds is 5. The maximum atomic E-state index is 11.9. The molecule has 5 heteroatoms. The highest BCUT2D eigenvalue weighted by molar-refractivity contribution is 7.80. The molecule has 0 aliphatic carbocycles. The molecule has 1 aliphatic rings. The summed E-state index contributed by atoms with van der Waals surface area (Å²) in [6, 6.07) is -0.0252. The van der Waals surface area contributed by atoms with Gasteiger partial charge in [-0.25, -0.2) is 4.79 Å². The molecule has 1 rings (SSSR count). The van der Waals surface area contributed by atoms with Gasteiger partial charge in [0.2, 0.25) is 0 Å². The minimum atomic E-state index is -0.256. The average molecular weight is 256 g/mol. The molecule has 1 aliphatic heterocycles. The molecule has 2 N–H and O–H groups in total. The van der Waals surface area contributed by atoms with Crippen molar-refractivity contribution < 1.29 is 9.53 Å². The number of thiocarbonyl (C=S) groups is 1. The van der Waals surface area contributed by atoms with Crippen LogP contribution in [0.15, 0.2) is 11.3 Å². The van der Waals surface area contributed by atoms with Crippen molar-refractivity contribution in [2.75, 3.05) is 6.61 Å². The number of ether oxygens (including phenoxy) is 1. The molecule has 0 saturated heterocycles. The highest BCUT2D eigenvalue weighted by atomic mass is 32.1. The topological polar surface area (TPSA) is 50.4 Å². The van der Waals surface area contributed by atoms with Gasteiger partial charge in [0.1, 0.15) is 0 Å². The second kappa shape index (κ2) is 6.59. The molecule has 1 atom stereocenters. The number of unbranched alkanes of at least 4 members (excludes halogenated alkanes) is 1. The molecule has 0 aromatic rings. The highest BCUT2D eigenvalue weighted by Gasteiger charge is 2.28. The first-order valence-electron chi connectivity index (χ1n) is 6.05. The predicted octanol–water partition coefficient (Wildman–Crippen LogP) is 1.86. The Balaban J connectivity index is 2.87. The fraction of sp³-hybridized carbons (Fsp3) is 0.667. The van der Waals surface area contributed by atoms with E-state index in [1.807, 2.05) is 13.8 Å². The fourth-order valence-corrected chi connectivity index (χ4v) is 2.19. The lowest BCUT2D eigenvalue weighted by Gasteiger charge is -2.29. The van der Waals surface area contributed by atoms with Gasteiger partial charge in [0.05, 0.1) is 18.2 Å². The number of esters is 1. The Morgan fingerprint density at radius 1 is 1.47 bits per heavy atom. The van der Waals surface area contributed by atoms with E-state index in [4.69, 9.17) is 17.0 Å². The van der Waals surface area contributed by atoms with Gasteiger partial charge in [0.25, 0.3) is 0 Å². The largest absolute Gasteiger partial charge is 0.463 e. The molecule has 0 saturated carbocycles. The molecular formula is C12H20N2O2S. The summed E-state index contributed by atoms with van der Waals surface area (Å²) in [4.78, 5) is 11.9. The van der Waals surface area contributed by atoms with Crippen LogP contribution in [0.5, 0.6) is 0 Å². The van der Waals surface area contributed by atoms with Gasteiger partial charge in [-0.15, -0.1) is 0 Å². The number of hydrogen-bond acceptors (Lipinski definition) is 3. The lowest BCUT2D eigenvalue weighted by atomic mass is 9.98. The molecule has 0 aromatic heterocycles. The normalized spacial score (nSPS) is 19.7. The van der Waals surface area contributed by atoms with Crippen LogP contribution in [0.1, 0.15) is 40.0 Å². The van der Waals surface area contributed by atoms with Crippen LogP contribution in [0.25, 0.3) is 0 Å². The number of carbonyl (C=O) groups is 1. The lowest BCUT2D eigenvalue weighted by molar-refractivity contribution is -0.139. The summed E-state index contributed by atoms with van der Waals surface area (Å²) < 4.78 is 5.08. The Morgan fingerprint density at radius 2 is 2.18 bits per heavy atom. The van der Waals surface area contributed by atoms with E-state index >= 15 is 0 Å². The van der Waals surface area contributed by atoms with Crippen LogP contribution in [0.4, 0.5) is 0 Å². The van der Waals surface area contributed by atoms with Crippen LogP contribution in [0.3, 0.4) is 0 Å². The predicted molar refractivity (Wildman–Crippen MR) is 71.5 cm³/mol. The Bertz CT molecular complexity index is 339. The van der Waals surface area contributed by atoms with Crippen molar-refractivity contribution in [3.63, 3.8) is 0 Å². The SMILES string of the molecule is CCCCC1NC(=S)NC(C)=C1C(=O)OCC. The van der Waals surface area contributed by atoms with Crippen LogP contribution in [0, 0.1) is 0 Å². The summed E-state index contributed by atoms with van der Waals surface area (Å²) in [5.74, 6) is -0.256. The van der Waals surface area contributed by atoms with Crippen molar-refractivity contribution in [1.82, 2.24) is 10.6 Å². The standard InChI is InChI=1S/C12H20N2O2S/c1-4-6-7-9-10(11(15)16-5-2)8(3)13-12(17)14-9/h9H,4-7H2,1-3H3,(H2,13,14,17). The zero-order chi connectivity index (χ0) is 12.8. The summed E-state index contributed by atoms with van der Waals surface area (Å²) in [6.07, 6.45) is 3.04. The van der Waals surface area contributed by atoms with Crippen LogP contribution in [-0.4, -0.2) is 23.7 Å². The molecule has 0 radical (unpaired) electrons. The zero-order valence-corrected chi connectivity index (χ0v) is 11.4. The van der Waals surface area contributed by atoms with E-state index in [1.165, 1.54) is 0 Å². The van der Waals surface area contributed by atoms with E-state index in [-0.39, 0.29) is 12.0 Å². The van der Waals surface area contributed by atoms with Gasteiger partial charge in [0.15, 0.2) is 5.11 Å². The highest BCUT2D eigenvalue weighted by Crippen LogP contribution is 2.18. The smallest absolute Gasteiger partial charge is 0.337 e.